The van der Waals surface area contributed by atoms with E-state index in [4.69, 9.17) is 27.9 Å². The summed E-state index contributed by atoms with van der Waals surface area (Å²) in [5.41, 5.74) is 3.07. The first-order valence-corrected chi connectivity index (χ1v) is 15.4. The average molecular weight is 604 g/mol. The van der Waals surface area contributed by atoms with Crippen LogP contribution in [-0.4, -0.2) is 73.3 Å². The van der Waals surface area contributed by atoms with Crippen LogP contribution < -0.4 is 15.0 Å². The number of para-hydroxylation sites is 1. The quantitative estimate of drug-likeness (QED) is 0.267. The Kier molecular flexibility index (Phi) is 8.15. The largest absolute Gasteiger partial charge is 0.494 e. The Balaban J connectivity index is 1.48. The van der Waals surface area contributed by atoms with Crippen molar-refractivity contribution >= 4 is 61.5 Å². The predicted molar refractivity (Wildman–Crippen MR) is 163 cm³/mol. The molecule has 40 heavy (non-hydrogen) atoms. The molecule has 0 amide bonds. The first kappa shape index (κ1) is 28.5. The number of methoxy groups -OCH3 is 1. The van der Waals surface area contributed by atoms with Crippen molar-refractivity contribution in [1.29, 1.82) is 0 Å². The molecule has 9 nitrogen and oxygen atoms in total. The van der Waals surface area contributed by atoms with Gasteiger partial charge in [-0.15, -0.1) is 0 Å². The Morgan fingerprint density at radius 2 is 1.85 bits per heavy atom. The van der Waals surface area contributed by atoms with Crippen molar-refractivity contribution < 1.29 is 13.2 Å². The maximum atomic E-state index is 12.8. The number of anilines is 3. The van der Waals surface area contributed by atoms with E-state index in [0.29, 0.717) is 49.7 Å². The standard InChI is InChI=1S/C28H32Cl2N6O3S/c1-5-40(37,38)36-17-20(19-8-6-7-9-24(19)36)27-22(30)16-31-28(33-27)32-23-14-21(29)25(15-26(23)39-4)35-12-10-18(11-13-35)34(2)3/h6-9,14-18H,5,10-13H2,1-4H3,(H,31,32,33). The van der Waals surface area contributed by atoms with E-state index in [1.165, 1.54) is 10.2 Å². The topological polar surface area (TPSA) is 92.6 Å². The number of aromatic nitrogens is 3. The molecule has 1 saturated heterocycles. The molecular formula is C28H32Cl2N6O3S. The van der Waals surface area contributed by atoms with Crippen LogP contribution in [-0.2, 0) is 10.0 Å². The van der Waals surface area contributed by atoms with Crippen molar-refractivity contribution in [3.05, 3.63) is 58.8 Å². The van der Waals surface area contributed by atoms with Crippen molar-refractivity contribution in [3.63, 3.8) is 0 Å². The normalized spacial score (nSPS) is 14.7. The third-order valence-electron chi connectivity index (χ3n) is 7.39. The Morgan fingerprint density at radius 1 is 1.12 bits per heavy atom. The lowest BCUT2D eigenvalue weighted by Crippen LogP contribution is -2.42. The molecule has 1 N–H and O–H groups in total. The molecule has 2 aromatic carbocycles. The highest BCUT2D eigenvalue weighted by atomic mass is 35.5. The minimum absolute atomic E-state index is 0.0420. The molecule has 2 aromatic heterocycles. The zero-order valence-electron chi connectivity index (χ0n) is 22.9. The molecule has 0 radical (unpaired) electrons. The fourth-order valence-electron chi connectivity index (χ4n) is 5.12. The van der Waals surface area contributed by atoms with Crippen LogP contribution >= 0.6 is 23.2 Å². The van der Waals surface area contributed by atoms with E-state index in [1.54, 1.807) is 32.4 Å². The highest BCUT2D eigenvalue weighted by Crippen LogP contribution is 2.40. The Morgan fingerprint density at radius 3 is 2.52 bits per heavy atom. The number of piperidine rings is 1. The van der Waals surface area contributed by atoms with Crippen molar-refractivity contribution in [3.8, 4) is 17.0 Å². The Bertz CT molecular complexity index is 1650. The highest BCUT2D eigenvalue weighted by Gasteiger charge is 2.24. The maximum absolute atomic E-state index is 12.8. The third-order valence-corrected chi connectivity index (χ3v) is 9.60. The highest BCUT2D eigenvalue weighted by molar-refractivity contribution is 7.90. The van der Waals surface area contributed by atoms with Gasteiger partial charge in [-0.3, -0.25) is 0 Å². The molecule has 1 aliphatic heterocycles. The molecular weight excluding hydrogens is 571 g/mol. The molecule has 5 rings (SSSR count). The van der Waals surface area contributed by atoms with Gasteiger partial charge in [0.1, 0.15) is 5.75 Å². The Labute approximate surface area is 244 Å². The number of rotatable bonds is 8. The van der Waals surface area contributed by atoms with E-state index in [1.807, 2.05) is 24.3 Å². The number of hydrogen-bond donors (Lipinski definition) is 1. The Hall–Kier alpha value is -3.05. The first-order chi connectivity index (χ1) is 19.1. The zero-order valence-corrected chi connectivity index (χ0v) is 25.2. The minimum atomic E-state index is -3.54. The first-order valence-electron chi connectivity index (χ1n) is 13.0. The predicted octanol–water partition coefficient (Wildman–Crippen LogP) is 5.89. The summed E-state index contributed by atoms with van der Waals surface area (Å²) in [7, 11) is 2.30. The van der Waals surface area contributed by atoms with Gasteiger partial charge in [-0.2, -0.15) is 0 Å². The van der Waals surface area contributed by atoms with E-state index in [2.05, 4.69) is 39.2 Å². The fourth-order valence-corrected chi connectivity index (χ4v) is 6.60. The average Bonchev–Trinajstić information content (AvgIpc) is 3.35. The second-order valence-electron chi connectivity index (χ2n) is 9.96. The maximum Gasteiger partial charge on any atom is 0.238 e. The van der Waals surface area contributed by atoms with Crippen LogP contribution in [0, 0.1) is 0 Å². The summed E-state index contributed by atoms with van der Waals surface area (Å²) in [6, 6.07) is 11.6. The SMILES string of the molecule is CCS(=O)(=O)n1cc(-c2nc(Nc3cc(Cl)c(N4CCC(N(C)C)CC4)cc3OC)ncc2Cl)c2ccccc21. The molecule has 1 fully saturated rings. The van der Waals surface area contributed by atoms with E-state index in [-0.39, 0.29) is 11.7 Å². The smallest absolute Gasteiger partial charge is 0.238 e. The zero-order chi connectivity index (χ0) is 28.6. The molecule has 1 aliphatic rings. The van der Waals surface area contributed by atoms with Crippen molar-refractivity contribution in [2.24, 2.45) is 0 Å². The molecule has 4 aromatic rings. The molecule has 12 heteroatoms. The number of halogens is 2. The van der Waals surface area contributed by atoms with Crippen molar-refractivity contribution in [2.45, 2.75) is 25.8 Å². The van der Waals surface area contributed by atoms with Crippen LogP contribution in [0.25, 0.3) is 22.2 Å². The molecule has 0 atom stereocenters. The molecule has 0 spiro atoms. The van der Waals surface area contributed by atoms with Crippen molar-refractivity contribution in [1.82, 2.24) is 18.8 Å². The van der Waals surface area contributed by atoms with Gasteiger partial charge in [0.15, 0.2) is 0 Å². The summed E-state index contributed by atoms with van der Waals surface area (Å²) in [6.07, 6.45) is 5.17. The van der Waals surface area contributed by atoms with Gasteiger partial charge in [0.2, 0.25) is 16.0 Å². The van der Waals surface area contributed by atoms with Gasteiger partial charge in [-0.1, -0.05) is 41.4 Å². The molecule has 0 aliphatic carbocycles. The van der Waals surface area contributed by atoms with Crippen LogP contribution in [0.4, 0.5) is 17.3 Å². The minimum Gasteiger partial charge on any atom is -0.494 e. The number of hydrogen-bond acceptors (Lipinski definition) is 8. The monoisotopic (exact) mass is 602 g/mol. The fraction of sp³-hybridized carbons (Fsp3) is 0.357. The lowest BCUT2D eigenvalue weighted by Gasteiger charge is -2.37. The van der Waals surface area contributed by atoms with Gasteiger partial charge in [0.25, 0.3) is 0 Å². The van der Waals surface area contributed by atoms with Gasteiger partial charge in [-0.25, -0.2) is 22.4 Å². The van der Waals surface area contributed by atoms with E-state index >= 15 is 0 Å². The summed E-state index contributed by atoms with van der Waals surface area (Å²) in [6.45, 7) is 3.42. The molecule has 0 saturated carbocycles. The van der Waals surface area contributed by atoms with Gasteiger partial charge >= 0.3 is 0 Å². The summed E-state index contributed by atoms with van der Waals surface area (Å²) in [4.78, 5) is 13.6. The second-order valence-corrected chi connectivity index (χ2v) is 12.9. The molecule has 3 heterocycles. The molecule has 212 valence electrons. The lowest BCUT2D eigenvalue weighted by atomic mass is 10.0. The van der Waals surface area contributed by atoms with Gasteiger partial charge in [0.05, 0.1) is 51.7 Å². The third kappa shape index (κ3) is 5.45. The lowest BCUT2D eigenvalue weighted by molar-refractivity contribution is 0.249. The van der Waals surface area contributed by atoms with Gasteiger partial charge < -0.3 is 19.9 Å². The number of benzene rings is 2. The van der Waals surface area contributed by atoms with E-state index in [0.717, 1.165) is 31.6 Å². The van der Waals surface area contributed by atoms with Crippen LogP contribution in [0.15, 0.2) is 48.8 Å². The van der Waals surface area contributed by atoms with Gasteiger partial charge in [0, 0.05) is 42.3 Å². The van der Waals surface area contributed by atoms with Crippen LogP contribution in [0.2, 0.25) is 10.0 Å². The second kappa shape index (κ2) is 11.4. The number of nitrogens with zero attached hydrogens (tertiary/aromatic N) is 5. The molecule has 0 bridgehead atoms. The summed E-state index contributed by atoms with van der Waals surface area (Å²) >= 11 is 13.3. The van der Waals surface area contributed by atoms with Gasteiger partial charge in [-0.05, 0) is 46.0 Å². The van der Waals surface area contributed by atoms with E-state index in [9.17, 15) is 8.42 Å². The number of nitrogens with one attached hydrogen (secondary N) is 1. The summed E-state index contributed by atoms with van der Waals surface area (Å²) in [5, 5.41) is 4.81. The molecule has 0 unspecified atom stereocenters. The summed E-state index contributed by atoms with van der Waals surface area (Å²) < 4.78 is 32.6. The number of ether oxygens (including phenoxy) is 1. The summed E-state index contributed by atoms with van der Waals surface area (Å²) in [5.74, 6) is 0.822. The van der Waals surface area contributed by atoms with Crippen molar-refractivity contribution in [2.75, 3.05) is 50.3 Å². The van der Waals surface area contributed by atoms with Crippen LogP contribution in [0.1, 0.15) is 19.8 Å². The van der Waals surface area contributed by atoms with Crippen LogP contribution in [0.3, 0.4) is 0 Å². The van der Waals surface area contributed by atoms with Crippen LogP contribution in [0.5, 0.6) is 5.75 Å². The van der Waals surface area contributed by atoms with E-state index < -0.39 is 10.0 Å². The number of fused-ring (bicyclic) bond motifs is 1.